The number of hydrogen-bond donors (Lipinski definition) is 1. The Kier molecular flexibility index (Phi) is 4.78. The number of carbonyl (C=O) groups is 1. The zero-order chi connectivity index (χ0) is 13.0. The second-order valence-corrected chi connectivity index (χ2v) is 5.67. The summed E-state index contributed by atoms with van der Waals surface area (Å²) in [7, 11) is 0. The normalized spacial score (nSPS) is 16.5. The molecule has 1 aliphatic rings. The van der Waals surface area contributed by atoms with Gasteiger partial charge in [0.25, 0.3) is 0 Å². The molecule has 1 aromatic rings. The van der Waals surface area contributed by atoms with E-state index in [9.17, 15) is 9.90 Å². The molecular formula is C14H17BrO3. The first-order valence-electron chi connectivity index (χ1n) is 6.20. The van der Waals surface area contributed by atoms with Gasteiger partial charge in [-0.3, -0.25) is 4.79 Å². The topological polar surface area (TPSA) is 46.5 Å². The maximum atomic E-state index is 11.2. The molecule has 0 bridgehead atoms. The lowest BCUT2D eigenvalue weighted by atomic mass is 10.0. The molecule has 1 N–H and O–H groups in total. The van der Waals surface area contributed by atoms with E-state index in [1.807, 2.05) is 24.3 Å². The fourth-order valence-corrected chi connectivity index (χ4v) is 2.26. The summed E-state index contributed by atoms with van der Waals surface area (Å²) in [6.07, 6.45) is 2.95. The number of ether oxygens (including phenoxy) is 1. The number of halogens is 1. The standard InChI is InChI=1S/C14H17BrO3/c15-13-4-2-1-3-11(13)7-12(14(16)17)9-18-8-10-5-6-10/h1-4,10,12H,5-9H2,(H,16,17). The summed E-state index contributed by atoms with van der Waals surface area (Å²) >= 11 is 3.44. The van der Waals surface area contributed by atoms with E-state index in [0.717, 1.165) is 10.0 Å². The number of carboxylic acids is 1. The Labute approximate surface area is 115 Å². The van der Waals surface area contributed by atoms with Gasteiger partial charge in [0.1, 0.15) is 0 Å². The minimum Gasteiger partial charge on any atom is -0.481 e. The van der Waals surface area contributed by atoms with Gasteiger partial charge in [-0.25, -0.2) is 0 Å². The highest BCUT2D eigenvalue weighted by Crippen LogP contribution is 2.29. The minimum absolute atomic E-state index is 0.299. The van der Waals surface area contributed by atoms with E-state index in [4.69, 9.17) is 4.74 Å². The van der Waals surface area contributed by atoms with Crippen molar-refractivity contribution in [2.75, 3.05) is 13.2 Å². The molecular weight excluding hydrogens is 296 g/mol. The van der Waals surface area contributed by atoms with Gasteiger partial charge in [-0.15, -0.1) is 0 Å². The lowest BCUT2D eigenvalue weighted by Gasteiger charge is -2.13. The zero-order valence-corrected chi connectivity index (χ0v) is 11.7. The van der Waals surface area contributed by atoms with Gasteiger partial charge in [-0.2, -0.15) is 0 Å². The predicted molar refractivity (Wildman–Crippen MR) is 72.5 cm³/mol. The molecule has 1 saturated carbocycles. The summed E-state index contributed by atoms with van der Waals surface area (Å²) in [4.78, 5) is 11.2. The molecule has 1 aliphatic carbocycles. The molecule has 0 aromatic heterocycles. The van der Waals surface area contributed by atoms with Gasteiger partial charge in [-0.1, -0.05) is 34.1 Å². The third-order valence-corrected chi connectivity index (χ3v) is 3.92. The largest absolute Gasteiger partial charge is 0.481 e. The Morgan fingerprint density at radius 2 is 2.17 bits per heavy atom. The predicted octanol–water partition coefficient (Wildman–Crippen LogP) is 3.12. The Morgan fingerprint density at radius 1 is 1.44 bits per heavy atom. The van der Waals surface area contributed by atoms with Crippen LogP contribution in [0.15, 0.2) is 28.7 Å². The number of hydrogen-bond acceptors (Lipinski definition) is 2. The van der Waals surface area contributed by atoms with Crippen LogP contribution >= 0.6 is 15.9 Å². The van der Waals surface area contributed by atoms with Crippen LogP contribution < -0.4 is 0 Å². The molecule has 0 heterocycles. The van der Waals surface area contributed by atoms with Crippen molar-refractivity contribution < 1.29 is 14.6 Å². The maximum Gasteiger partial charge on any atom is 0.309 e. The molecule has 0 aliphatic heterocycles. The lowest BCUT2D eigenvalue weighted by Crippen LogP contribution is -2.23. The summed E-state index contributed by atoms with van der Waals surface area (Å²) < 4.78 is 6.45. The van der Waals surface area contributed by atoms with E-state index in [0.29, 0.717) is 25.6 Å². The Hall–Kier alpha value is -0.870. The van der Waals surface area contributed by atoms with Gasteiger partial charge >= 0.3 is 5.97 Å². The first-order valence-corrected chi connectivity index (χ1v) is 7.00. The lowest BCUT2D eigenvalue weighted by molar-refractivity contribution is -0.143. The molecule has 98 valence electrons. The third-order valence-electron chi connectivity index (χ3n) is 3.14. The van der Waals surface area contributed by atoms with Gasteiger partial charge in [0.15, 0.2) is 0 Å². The molecule has 0 radical (unpaired) electrons. The van der Waals surface area contributed by atoms with Crippen LogP contribution in [0.5, 0.6) is 0 Å². The molecule has 0 saturated heterocycles. The first-order chi connectivity index (χ1) is 8.66. The van der Waals surface area contributed by atoms with Crippen molar-refractivity contribution in [3.63, 3.8) is 0 Å². The van der Waals surface area contributed by atoms with Crippen LogP contribution in [0.3, 0.4) is 0 Å². The molecule has 1 atom stereocenters. The van der Waals surface area contributed by atoms with Gasteiger partial charge < -0.3 is 9.84 Å². The van der Waals surface area contributed by atoms with Crippen molar-refractivity contribution in [3.05, 3.63) is 34.3 Å². The highest BCUT2D eigenvalue weighted by molar-refractivity contribution is 9.10. The van der Waals surface area contributed by atoms with Crippen molar-refractivity contribution in [3.8, 4) is 0 Å². The zero-order valence-electron chi connectivity index (χ0n) is 10.1. The maximum absolute atomic E-state index is 11.2. The van der Waals surface area contributed by atoms with E-state index in [1.54, 1.807) is 0 Å². The molecule has 0 amide bonds. The first kappa shape index (κ1) is 13.6. The fraction of sp³-hybridized carbons (Fsp3) is 0.500. The van der Waals surface area contributed by atoms with E-state index < -0.39 is 11.9 Å². The number of carboxylic acid groups (broad SMARTS) is 1. The van der Waals surface area contributed by atoms with E-state index >= 15 is 0 Å². The summed E-state index contributed by atoms with van der Waals surface area (Å²) in [5.74, 6) is -0.591. The van der Waals surface area contributed by atoms with Crippen LogP contribution in [0.4, 0.5) is 0 Å². The number of benzene rings is 1. The van der Waals surface area contributed by atoms with E-state index in [2.05, 4.69) is 15.9 Å². The Balaban J connectivity index is 1.88. The van der Waals surface area contributed by atoms with Crippen molar-refractivity contribution >= 4 is 21.9 Å². The van der Waals surface area contributed by atoms with Crippen molar-refractivity contribution in [2.45, 2.75) is 19.3 Å². The molecule has 18 heavy (non-hydrogen) atoms. The van der Waals surface area contributed by atoms with E-state index in [1.165, 1.54) is 12.8 Å². The third kappa shape index (κ3) is 4.10. The number of aliphatic carboxylic acids is 1. The fourth-order valence-electron chi connectivity index (χ4n) is 1.81. The van der Waals surface area contributed by atoms with Gasteiger partial charge in [-0.05, 0) is 36.8 Å². The molecule has 0 spiro atoms. The van der Waals surface area contributed by atoms with Crippen LogP contribution in [0.2, 0.25) is 0 Å². The molecule has 2 rings (SSSR count). The molecule has 3 nitrogen and oxygen atoms in total. The summed E-state index contributed by atoms with van der Waals surface area (Å²) in [5, 5.41) is 9.21. The van der Waals surface area contributed by atoms with Crippen molar-refractivity contribution in [1.82, 2.24) is 0 Å². The Bertz CT molecular complexity index is 415. The summed E-state index contributed by atoms with van der Waals surface area (Å²) in [5.41, 5.74) is 1.01. The number of rotatable bonds is 7. The second kappa shape index (κ2) is 6.34. The highest BCUT2D eigenvalue weighted by Gasteiger charge is 2.24. The van der Waals surface area contributed by atoms with Gasteiger partial charge in [0, 0.05) is 11.1 Å². The van der Waals surface area contributed by atoms with Crippen LogP contribution in [0, 0.1) is 11.8 Å². The van der Waals surface area contributed by atoms with Crippen LogP contribution in [-0.2, 0) is 16.0 Å². The van der Waals surface area contributed by atoms with Crippen LogP contribution in [-0.4, -0.2) is 24.3 Å². The van der Waals surface area contributed by atoms with Gasteiger partial charge in [0.2, 0.25) is 0 Å². The summed E-state index contributed by atoms with van der Waals surface area (Å²) in [6.45, 7) is 1.01. The van der Waals surface area contributed by atoms with Crippen molar-refractivity contribution in [1.29, 1.82) is 0 Å². The van der Waals surface area contributed by atoms with Crippen LogP contribution in [0.1, 0.15) is 18.4 Å². The van der Waals surface area contributed by atoms with Crippen molar-refractivity contribution in [2.24, 2.45) is 11.8 Å². The van der Waals surface area contributed by atoms with Gasteiger partial charge in [0.05, 0.1) is 12.5 Å². The van der Waals surface area contributed by atoms with E-state index in [-0.39, 0.29) is 0 Å². The summed E-state index contributed by atoms with van der Waals surface area (Å²) in [6, 6.07) is 7.72. The highest BCUT2D eigenvalue weighted by atomic mass is 79.9. The monoisotopic (exact) mass is 312 g/mol. The molecule has 1 fully saturated rings. The second-order valence-electron chi connectivity index (χ2n) is 4.81. The molecule has 1 unspecified atom stereocenters. The van der Waals surface area contributed by atoms with Crippen LogP contribution in [0.25, 0.3) is 0 Å². The SMILES string of the molecule is O=C(O)C(COCC1CC1)Cc1ccccc1Br. The minimum atomic E-state index is -0.790. The average molecular weight is 313 g/mol. The molecule has 1 aromatic carbocycles. The Morgan fingerprint density at radius 3 is 2.78 bits per heavy atom. The molecule has 4 heteroatoms. The average Bonchev–Trinajstić information content (AvgIpc) is 3.14. The smallest absolute Gasteiger partial charge is 0.309 e. The quantitative estimate of drug-likeness (QED) is 0.841.